The van der Waals surface area contributed by atoms with Gasteiger partial charge >= 0.3 is 0 Å². The van der Waals surface area contributed by atoms with Gasteiger partial charge in [-0.2, -0.15) is 0 Å². The monoisotopic (exact) mass is 446 g/mol. The van der Waals surface area contributed by atoms with Crippen molar-refractivity contribution in [3.63, 3.8) is 0 Å². The maximum atomic E-state index is 13.7. The summed E-state index contributed by atoms with van der Waals surface area (Å²) >= 11 is 0. The van der Waals surface area contributed by atoms with Gasteiger partial charge in [0.2, 0.25) is 0 Å². The number of benzene rings is 1. The Hall–Kier alpha value is -2.32. The van der Waals surface area contributed by atoms with Crippen molar-refractivity contribution in [2.45, 2.75) is 37.1 Å². The Morgan fingerprint density at radius 2 is 2.06 bits per heavy atom. The van der Waals surface area contributed by atoms with Crippen LogP contribution in [-0.4, -0.2) is 69.6 Å². The lowest BCUT2D eigenvalue weighted by atomic mass is 9.87. The fourth-order valence-electron chi connectivity index (χ4n) is 4.49. The Kier molecular flexibility index (Phi) is 8.75. The van der Waals surface area contributed by atoms with Crippen LogP contribution in [0.15, 0.2) is 60.7 Å². The topological polar surface area (TPSA) is 60.0 Å². The van der Waals surface area contributed by atoms with Crippen LogP contribution >= 0.6 is 0 Å². The van der Waals surface area contributed by atoms with Crippen molar-refractivity contribution >= 4 is 5.91 Å². The van der Waals surface area contributed by atoms with Gasteiger partial charge in [-0.3, -0.25) is 4.79 Å². The highest BCUT2D eigenvalue weighted by atomic mass is 19.1. The molecule has 0 saturated carbocycles. The average molecular weight is 447 g/mol. The van der Waals surface area contributed by atoms with Crippen LogP contribution in [0.1, 0.15) is 25.9 Å². The van der Waals surface area contributed by atoms with E-state index in [1.807, 2.05) is 11.0 Å². The lowest BCUT2D eigenvalue weighted by molar-refractivity contribution is -0.157. The van der Waals surface area contributed by atoms with Crippen molar-refractivity contribution in [2.24, 2.45) is 0 Å². The summed E-state index contributed by atoms with van der Waals surface area (Å²) in [5.41, 5.74) is 2.78. The van der Waals surface area contributed by atoms with Crippen molar-refractivity contribution in [1.29, 1.82) is 0 Å². The van der Waals surface area contributed by atoms with E-state index in [0.29, 0.717) is 39.1 Å². The molecule has 4 atom stereocenters. The third kappa shape index (κ3) is 5.35. The molecule has 3 rings (SSSR count). The highest BCUT2D eigenvalue weighted by Gasteiger charge is 2.40. The van der Waals surface area contributed by atoms with Gasteiger partial charge in [-0.15, -0.1) is 0 Å². The van der Waals surface area contributed by atoms with E-state index in [2.05, 4.69) is 18.5 Å². The molecule has 1 fully saturated rings. The van der Waals surface area contributed by atoms with Crippen molar-refractivity contribution in [3.8, 4) is 0 Å². The summed E-state index contributed by atoms with van der Waals surface area (Å²) in [5, 5.41) is 3.42. The molecule has 0 unspecified atom stereocenters. The maximum Gasteiger partial charge on any atom is 0.252 e. The minimum Gasteiger partial charge on any atom is -0.383 e. The number of nitrogens with one attached hydrogen (secondary N) is 1. The molecule has 0 bridgehead atoms. The largest absolute Gasteiger partial charge is 0.383 e. The Bertz CT molecular complexity index is 845. The SMILES string of the molecule is C=CC1=C(C=C)[C@H](c2ccc(F)cc2)N(C(=O)[C@H]2C[C@H](NCCOC)[C@@H](OC)CO2)CC1.[HH]. The van der Waals surface area contributed by atoms with Crippen LogP contribution in [0.3, 0.4) is 0 Å². The first-order valence-electron chi connectivity index (χ1n) is 10.9. The van der Waals surface area contributed by atoms with E-state index in [1.165, 1.54) is 12.1 Å². The number of amides is 1. The fourth-order valence-corrected chi connectivity index (χ4v) is 4.49. The Morgan fingerprint density at radius 3 is 2.69 bits per heavy atom. The van der Waals surface area contributed by atoms with Crippen molar-refractivity contribution in [2.75, 3.05) is 40.5 Å². The molecular weight excluding hydrogens is 411 g/mol. The molecule has 2 aliphatic rings. The summed E-state index contributed by atoms with van der Waals surface area (Å²) < 4.78 is 30.2. The van der Waals surface area contributed by atoms with Crippen LogP contribution in [0.25, 0.3) is 0 Å². The van der Waals surface area contributed by atoms with Crippen LogP contribution in [0.2, 0.25) is 0 Å². The van der Waals surface area contributed by atoms with Gasteiger partial charge in [0.25, 0.3) is 5.91 Å². The van der Waals surface area contributed by atoms with Gasteiger partial charge in [-0.1, -0.05) is 37.4 Å². The number of carbonyl (C=O) groups excluding carboxylic acids is 1. The van der Waals surface area contributed by atoms with E-state index in [0.717, 1.165) is 16.7 Å². The molecule has 0 aromatic heterocycles. The van der Waals surface area contributed by atoms with Crippen molar-refractivity contribution < 1.29 is 24.8 Å². The molecule has 0 radical (unpaired) electrons. The number of hydrogen-bond acceptors (Lipinski definition) is 5. The molecule has 1 aromatic carbocycles. The molecule has 0 aliphatic carbocycles. The molecule has 1 N–H and O–H groups in total. The zero-order valence-corrected chi connectivity index (χ0v) is 18.9. The first kappa shape index (κ1) is 24.3. The number of allylic oxidation sites excluding steroid dienone is 1. The van der Waals surface area contributed by atoms with Gasteiger partial charge in [0, 0.05) is 41.2 Å². The third-order valence-corrected chi connectivity index (χ3v) is 6.20. The van der Waals surface area contributed by atoms with E-state index in [-0.39, 0.29) is 31.3 Å². The van der Waals surface area contributed by atoms with Gasteiger partial charge in [0.15, 0.2) is 0 Å². The molecule has 7 heteroatoms. The summed E-state index contributed by atoms with van der Waals surface area (Å²) in [4.78, 5) is 15.5. The second kappa shape index (κ2) is 11.5. The van der Waals surface area contributed by atoms with E-state index < -0.39 is 6.10 Å². The van der Waals surface area contributed by atoms with Gasteiger partial charge < -0.3 is 24.4 Å². The number of halogens is 1. The van der Waals surface area contributed by atoms with Crippen molar-refractivity contribution in [3.05, 3.63) is 72.1 Å². The Morgan fingerprint density at radius 1 is 1.31 bits per heavy atom. The quantitative estimate of drug-likeness (QED) is 0.589. The molecule has 1 saturated heterocycles. The molecule has 2 heterocycles. The average Bonchev–Trinajstić information content (AvgIpc) is 2.83. The third-order valence-electron chi connectivity index (χ3n) is 6.20. The molecule has 0 spiro atoms. The molecule has 32 heavy (non-hydrogen) atoms. The highest BCUT2D eigenvalue weighted by Crippen LogP contribution is 2.38. The van der Waals surface area contributed by atoms with Gasteiger partial charge in [-0.05, 0) is 35.3 Å². The number of ether oxygens (including phenoxy) is 3. The maximum absolute atomic E-state index is 13.7. The Labute approximate surface area is 191 Å². The summed E-state index contributed by atoms with van der Waals surface area (Å²) in [5.74, 6) is -0.406. The van der Waals surface area contributed by atoms with Crippen LogP contribution in [-0.2, 0) is 19.0 Å². The molecule has 6 nitrogen and oxygen atoms in total. The number of hydrogen-bond donors (Lipinski definition) is 1. The van der Waals surface area contributed by atoms with Crippen molar-refractivity contribution in [1.82, 2.24) is 10.2 Å². The molecule has 1 aromatic rings. The first-order chi connectivity index (χ1) is 15.5. The molecule has 2 aliphatic heterocycles. The van der Waals surface area contributed by atoms with E-state index in [9.17, 15) is 9.18 Å². The summed E-state index contributed by atoms with van der Waals surface area (Å²) in [6, 6.07) is 5.87. The lowest BCUT2D eigenvalue weighted by Gasteiger charge is -2.42. The fraction of sp³-hybridized carbons (Fsp3) is 0.480. The Balaban J connectivity index is 0.00000385. The highest BCUT2D eigenvalue weighted by molar-refractivity contribution is 5.82. The number of rotatable bonds is 9. The second-order valence-electron chi connectivity index (χ2n) is 8.01. The van der Waals surface area contributed by atoms with E-state index in [4.69, 9.17) is 14.2 Å². The predicted molar refractivity (Wildman–Crippen MR) is 124 cm³/mol. The number of carbonyl (C=O) groups is 1. The molecule has 1 amide bonds. The zero-order chi connectivity index (χ0) is 23.1. The normalized spacial score (nSPS) is 26.2. The summed E-state index contributed by atoms with van der Waals surface area (Å²) in [6.07, 6.45) is 4.02. The predicted octanol–water partition coefficient (Wildman–Crippen LogP) is 3.42. The lowest BCUT2D eigenvalue weighted by Crippen LogP contribution is -2.55. The minimum absolute atomic E-state index is 0. The molecule has 176 valence electrons. The zero-order valence-electron chi connectivity index (χ0n) is 18.9. The molecular formula is C25H35FN2O4. The van der Waals surface area contributed by atoms with Gasteiger partial charge in [-0.25, -0.2) is 4.39 Å². The van der Waals surface area contributed by atoms with Crippen LogP contribution in [0, 0.1) is 5.82 Å². The van der Waals surface area contributed by atoms with Crippen LogP contribution < -0.4 is 5.32 Å². The number of methoxy groups -OCH3 is 2. The smallest absolute Gasteiger partial charge is 0.252 e. The summed E-state index contributed by atoms with van der Waals surface area (Å²) in [6.45, 7) is 9.98. The second-order valence-corrected chi connectivity index (χ2v) is 8.01. The van der Waals surface area contributed by atoms with E-state index >= 15 is 0 Å². The minimum atomic E-state index is -0.597. The summed E-state index contributed by atoms with van der Waals surface area (Å²) in [7, 11) is 3.30. The van der Waals surface area contributed by atoms with Crippen LogP contribution in [0.5, 0.6) is 0 Å². The van der Waals surface area contributed by atoms with Crippen LogP contribution in [0.4, 0.5) is 4.39 Å². The standard InChI is InChI=1S/C25H33FN2O4.H2/c1-5-17-11-13-28(24(20(17)6-2)18-7-9-19(26)10-8-18)25(29)22-15-21(27-12-14-30-3)23(31-4)16-32-22;/h5-10,21-24,27H,1-2,11-16H2,3-4H3;1H/t21-,22+,23-,24-;/m0./s1. The van der Waals surface area contributed by atoms with Gasteiger partial charge in [0.1, 0.15) is 11.9 Å². The number of nitrogens with zero attached hydrogens (tertiary/aromatic N) is 1. The van der Waals surface area contributed by atoms with Gasteiger partial charge in [0.05, 0.1) is 25.4 Å². The first-order valence-corrected chi connectivity index (χ1v) is 10.9. The van der Waals surface area contributed by atoms with E-state index in [1.54, 1.807) is 32.4 Å².